The van der Waals surface area contributed by atoms with Gasteiger partial charge in [0.15, 0.2) is 0 Å². The first-order valence-electron chi connectivity index (χ1n) is 10.1. The fraction of sp³-hybridized carbons (Fsp3) is 0.476. The molecule has 0 spiro atoms. The van der Waals surface area contributed by atoms with Crippen LogP contribution in [0.1, 0.15) is 47.1 Å². The van der Waals surface area contributed by atoms with E-state index < -0.39 is 10.0 Å². The Balaban J connectivity index is 1.42. The van der Waals surface area contributed by atoms with E-state index in [9.17, 15) is 13.2 Å². The van der Waals surface area contributed by atoms with Gasteiger partial charge in [-0.15, -0.1) is 11.8 Å². The van der Waals surface area contributed by atoms with Gasteiger partial charge in [-0.05, 0) is 55.7 Å². The molecule has 156 valence electrons. The summed E-state index contributed by atoms with van der Waals surface area (Å²) in [5.41, 5.74) is 0.532. The van der Waals surface area contributed by atoms with Gasteiger partial charge in [0.25, 0.3) is 5.91 Å². The van der Waals surface area contributed by atoms with Crippen molar-refractivity contribution < 1.29 is 17.6 Å². The minimum absolute atomic E-state index is 0.0485. The van der Waals surface area contributed by atoms with Crippen molar-refractivity contribution in [2.45, 2.75) is 35.8 Å². The third-order valence-corrected chi connectivity index (χ3v) is 8.74. The first kappa shape index (κ1) is 20.5. The van der Waals surface area contributed by atoms with Crippen molar-refractivity contribution in [2.75, 3.05) is 31.9 Å². The molecule has 0 N–H and O–H groups in total. The molecular weight excluding hydrogens is 408 g/mol. The summed E-state index contributed by atoms with van der Waals surface area (Å²) in [5, 5.41) is 0.264. The van der Waals surface area contributed by atoms with Gasteiger partial charge in [-0.3, -0.25) is 4.79 Å². The van der Waals surface area contributed by atoms with Crippen LogP contribution in [0.5, 0.6) is 0 Å². The van der Waals surface area contributed by atoms with Crippen LogP contribution in [0.15, 0.2) is 52.0 Å². The number of carbonyl (C=O) groups excluding carboxylic acids is 1. The first-order chi connectivity index (χ1) is 14.1. The molecule has 1 amide bonds. The molecule has 2 fully saturated rings. The molecule has 3 heterocycles. The topological polar surface area (TPSA) is 70.8 Å². The summed E-state index contributed by atoms with van der Waals surface area (Å²) in [6, 6.07) is 10.3. The van der Waals surface area contributed by atoms with Crippen LogP contribution in [0.4, 0.5) is 0 Å². The summed E-state index contributed by atoms with van der Waals surface area (Å²) in [7, 11) is -3.47. The monoisotopic (exact) mass is 434 g/mol. The highest BCUT2D eigenvalue weighted by Gasteiger charge is 2.27. The van der Waals surface area contributed by atoms with Crippen molar-refractivity contribution in [1.29, 1.82) is 0 Å². The molecule has 1 atom stereocenters. The maximum absolute atomic E-state index is 12.9. The first-order valence-corrected chi connectivity index (χ1v) is 12.6. The number of benzene rings is 1. The standard InChI is InChI=1S/C21H26N2O4S2/c24-21(22-13-10-20(28-16-14-22)19-5-4-15-27-19)17-6-8-18(9-7-17)29(25,26)23-11-2-1-3-12-23/h4-9,15,20H,1-3,10-14,16H2. The van der Waals surface area contributed by atoms with Crippen LogP contribution < -0.4 is 0 Å². The lowest BCUT2D eigenvalue weighted by molar-refractivity contribution is 0.0766. The number of thioether (sulfide) groups is 1. The number of rotatable bonds is 4. The zero-order valence-corrected chi connectivity index (χ0v) is 18.0. The molecule has 2 aromatic rings. The van der Waals surface area contributed by atoms with Crippen molar-refractivity contribution in [1.82, 2.24) is 9.21 Å². The van der Waals surface area contributed by atoms with E-state index in [1.165, 1.54) is 0 Å². The van der Waals surface area contributed by atoms with Crippen LogP contribution in [-0.4, -0.2) is 55.5 Å². The highest BCUT2D eigenvalue weighted by Crippen LogP contribution is 2.34. The summed E-state index contributed by atoms with van der Waals surface area (Å²) in [6.45, 7) is 2.48. The molecule has 6 nitrogen and oxygen atoms in total. The molecule has 0 radical (unpaired) electrons. The third-order valence-electron chi connectivity index (χ3n) is 5.54. The van der Waals surface area contributed by atoms with Crippen LogP contribution in [0.3, 0.4) is 0 Å². The highest BCUT2D eigenvalue weighted by molar-refractivity contribution is 7.99. The van der Waals surface area contributed by atoms with Crippen LogP contribution in [0.2, 0.25) is 0 Å². The Labute approximate surface area is 176 Å². The van der Waals surface area contributed by atoms with E-state index in [1.807, 2.05) is 28.8 Å². The lowest BCUT2D eigenvalue weighted by atomic mass is 10.1. The molecule has 2 aliphatic heterocycles. The second-order valence-electron chi connectivity index (χ2n) is 7.44. The van der Waals surface area contributed by atoms with E-state index in [0.717, 1.165) is 37.2 Å². The number of piperidine rings is 1. The molecule has 4 rings (SSSR count). The summed E-state index contributed by atoms with van der Waals surface area (Å²) >= 11 is 1.81. The summed E-state index contributed by atoms with van der Waals surface area (Å²) in [5.74, 6) is 1.75. The number of nitrogens with zero attached hydrogens (tertiary/aromatic N) is 2. The molecule has 2 saturated heterocycles. The molecule has 1 unspecified atom stereocenters. The van der Waals surface area contributed by atoms with Crippen molar-refractivity contribution >= 4 is 27.7 Å². The average Bonchev–Trinajstić information content (AvgIpc) is 3.19. The Bertz CT molecular complexity index is 920. The minimum Gasteiger partial charge on any atom is -0.468 e. The number of hydrogen-bond donors (Lipinski definition) is 0. The molecule has 1 aromatic carbocycles. The smallest absolute Gasteiger partial charge is 0.253 e. The SMILES string of the molecule is O=C(c1ccc(S(=O)(=O)N2CCCCC2)cc1)N1CCSC(c2ccco2)CC1. The van der Waals surface area contributed by atoms with Gasteiger partial charge >= 0.3 is 0 Å². The molecule has 0 bridgehead atoms. The van der Waals surface area contributed by atoms with Gasteiger partial charge in [0, 0.05) is 37.5 Å². The van der Waals surface area contributed by atoms with Gasteiger partial charge in [-0.2, -0.15) is 4.31 Å². The van der Waals surface area contributed by atoms with E-state index in [0.29, 0.717) is 31.7 Å². The summed E-state index contributed by atoms with van der Waals surface area (Å²) < 4.78 is 32.6. The predicted octanol–water partition coefficient (Wildman–Crippen LogP) is 3.77. The Morgan fingerprint density at radius 3 is 2.45 bits per heavy atom. The van der Waals surface area contributed by atoms with Gasteiger partial charge in [-0.25, -0.2) is 8.42 Å². The van der Waals surface area contributed by atoms with Gasteiger partial charge in [0.05, 0.1) is 16.4 Å². The van der Waals surface area contributed by atoms with E-state index in [-0.39, 0.29) is 16.1 Å². The summed E-state index contributed by atoms with van der Waals surface area (Å²) in [6.07, 6.45) is 5.41. The van der Waals surface area contributed by atoms with E-state index in [2.05, 4.69) is 0 Å². The third kappa shape index (κ3) is 4.54. The van der Waals surface area contributed by atoms with Gasteiger partial charge < -0.3 is 9.32 Å². The Kier molecular flexibility index (Phi) is 6.32. The number of furan rings is 1. The Morgan fingerprint density at radius 1 is 1.00 bits per heavy atom. The maximum Gasteiger partial charge on any atom is 0.253 e. The lowest BCUT2D eigenvalue weighted by Gasteiger charge is -2.26. The molecular formula is C21H26N2O4S2. The van der Waals surface area contributed by atoms with Crippen LogP contribution in [0.25, 0.3) is 0 Å². The number of sulfonamides is 1. The number of carbonyl (C=O) groups is 1. The highest BCUT2D eigenvalue weighted by atomic mass is 32.2. The van der Waals surface area contributed by atoms with Crippen molar-refractivity contribution in [3.05, 3.63) is 54.0 Å². The second kappa shape index (κ2) is 8.93. The van der Waals surface area contributed by atoms with Gasteiger partial charge in [-0.1, -0.05) is 6.42 Å². The predicted molar refractivity (Wildman–Crippen MR) is 113 cm³/mol. The van der Waals surface area contributed by atoms with Crippen molar-refractivity contribution in [3.63, 3.8) is 0 Å². The van der Waals surface area contributed by atoms with Crippen LogP contribution in [-0.2, 0) is 10.0 Å². The largest absolute Gasteiger partial charge is 0.468 e. The molecule has 0 saturated carbocycles. The Morgan fingerprint density at radius 2 is 1.76 bits per heavy atom. The zero-order valence-electron chi connectivity index (χ0n) is 16.3. The van der Waals surface area contributed by atoms with Crippen molar-refractivity contribution in [2.24, 2.45) is 0 Å². The van der Waals surface area contributed by atoms with Crippen LogP contribution in [0, 0.1) is 0 Å². The van der Waals surface area contributed by atoms with Crippen LogP contribution >= 0.6 is 11.8 Å². The fourth-order valence-corrected chi connectivity index (χ4v) is 6.58. The Hall–Kier alpha value is -1.77. The molecule has 0 aliphatic carbocycles. The minimum atomic E-state index is -3.47. The molecule has 8 heteroatoms. The molecule has 1 aromatic heterocycles. The molecule has 29 heavy (non-hydrogen) atoms. The fourth-order valence-electron chi connectivity index (χ4n) is 3.88. The quantitative estimate of drug-likeness (QED) is 0.732. The average molecular weight is 435 g/mol. The lowest BCUT2D eigenvalue weighted by Crippen LogP contribution is -2.35. The van der Waals surface area contributed by atoms with E-state index >= 15 is 0 Å². The van der Waals surface area contributed by atoms with Gasteiger partial charge in [0.1, 0.15) is 5.76 Å². The van der Waals surface area contributed by atoms with E-state index in [4.69, 9.17) is 4.42 Å². The van der Waals surface area contributed by atoms with Gasteiger partial charge in [0.2, 0.25) is 10.0 Å². The normalized spacial score (nSPS) is 21.7. The van der Waals surface area contributed by atoms with E-state index in [1.54, 1.807) is 34.8 Å². The zero-order chi connectivity index (χ0) is 20.3. The number of amides is 1. The second-order valence-corrected chi connectivity index (χ2v) is 10.7. The van der Waals surface area contributed by atoms with Crippen molar-refractivity contribution in [3.8, 4) is 0 Å². The molecule has 2 aliphatic rings. The number of hydrogen-bond acceptors (Lipinski definition) is 5. The maximum atomic E-state index is 12.9. The summed E-state index contributed by atoms with van der Waals surface area (Å²) in [4.78, 5) is 15.1.